The van der Waals surface area contributed by atoms with Gasteiger partial charge < -0.3 is 15.0 Å². The van der Waals surface area contributed by atoms with E-state index in [9.17, 15) is 18.0 Å². The minimum absolute atomic E-state index is 0.0777. The smallest absolute Gasteiger partial charge is 0.416 e. The molecule has 2 aromatic rings. The van der Waals surface area contributed by atoms with E-state index >= 15 is 0 Å². The molecule has 2 aromatic carbocycles. The molecule has 1 saturated heterocycles. The Bertz CT molecular complexity index is 997. The van der Waals surface area contributed by atoms with Gasteiger partial charge in [0.25, 0.3) is 0 Å². The van der Waals surface area contributed by atoms with Crippen molar-refractivity contribution in [3.8, 4) is 5.75 Å². The Morgan fingerprint density at radius 1 is 1.14 bits per heavy atom. The van der Waals surface area contributed by atoms with Crippen molar-refractivity contribution in [2.45, 2.75) is 38.9 Å². The minimum Gasteiger partial charge on any atom is -0.492 e. The highest BCUT2D eigenvalue weighted by Gasteiger charge is 2.42. The van der Waals surface area contributed by atoms with Gasteiger partial charge in [-0.15, -0.1) is 0 Å². The average molecular weight is 490 g/mol. The van der Waals surface area contributed by atoms with E-state index < -0.39 is 17.7 Å². The molecule has 8 heteroatoms. The topological polar surface area (TPSA) is 44.8 Å². The maximum absolute atomic E-state index is 13.4. The molecule has 190 valence electrons. The number of hydrogen-bond donors (Lipinski definition) is 1. The molecule has 2 aliphatic heterocycles. The number of hydrogen-bond acceptors (Lipinski definition) is 4. The van der Waals surface area contributed by atoms with Crippen molar-refractivity contribution < 1.29 is 22.7 Å². The molecular formula is C27H34F3N3O2. The molecule has 1 N–H and O–H groups in total. The highest BCUT2D eigenvalue weighted by molar-refractivity contribution is 5.82. The fraction of sp³-hybridized carbons (Fsp3) is 0.519. The van der Waals surface area contributed by atoms with Crippen LogP contribution in [0.1, 0.15) is 31.4 Å². The summed E-state index contributed by atoms with van der Waals surface area (Å²) in [5.41, 5.74) is 0.751. The molecule has 4 rings (SSSR count). The number of ether oxygens (including phenoxy) is 1. The second kappa shape index (κ2) is 10.9. The van der Waals surface area contributed by atoms with Gasteiger partial charge in [-0.3, -0.25) is 9.69 Å². The molecule has 0 saturated carbocycles. The van der Waals surface area contributed by atoms with Gasteiger partial charge in [0.1, 0.15) is 12.4 Å². The molecule has 2 aliphatic rings. The Kier molecular flexibility index (Phi) is 7.89. The molecule has 0 spiro atoms. The fourth-order valence-electron chi connectivity index (χ4n) is 4.99. The summed E-state index contributed by atoms with van der Waals surface area (Å²) in [5.74, 6) is 0.797. The summed E-state index contributed by atoms with van der Waals surface area (Å²) in [5, 5.41) is 3.04. The van der Waals surface area contributed by atoms with Gasteiger partial charge in [0.2, 0.25) is 5.91 Å². The van der Waals surface area contributed by atoms with Crippen LogP contribution in [-0.4, -0.2) is 56.2 Å². The van der Waals surface area contributed by atoms with E-state index in [2.05, 4.69) is 29.0 Å². The van der Waals surface area contributed by atoms with E-state index in [4.69, 9.17) is 4.74 Å². The summed E-state index contributed by atoms with van der Waals surface area (Å²) in [4.78, 5) is 17.7. The lowest BCUT2D eigenvalue weighted by Crippen LogP contribution is -2.61. The highest BCUT2D eigenvalue weighted by Crippen LogP contribution is 2.39. The zero-order valence-corrected chi connectivity index (χ0v) is 20.4. The van der Waals surface area contributed by atoms with Crippen LogP contribution in [0.25, 0.3) is 0 Å². The molecule has 1 amide bonds. The number of benzene rings is 2. The zero-order chi connectivity index (χ0) is 25.0. The molecule has 0 aliphatic carbocycles. The molecule has 0 aromatic heterocycles. The van der Waals surface area contributed by atoms with Gasteiger partial charge in [-0.25, -0.2) is 0 Å². The molecule has 0 bridgehead atoms. The normalized spacial score (nSPS) is 20.3. The minimum atomic E-state index is -4.40. The Labute approximate surface area is 205 Å². The van der Waals surface area contributed by atoms with E-state index in [-0.39, 0.29) is 11.9 Å². The molecule has 0 radical (unpaired) electrons. The van der Waals surface area contributed by atoms with Crippen LogP contribution in [-0.2, 0) is 17.4 Å². The van der Waals surface area contributed by atoms with Crippen molar-refractivity contribution in [1.82, 2.24) is 10.2 Å². The number of rotatable bonds is 8. The monoisotopic (exact) mass is 489 g/mol. The number of anilines is 1. The Balaban J connectivity index is 1.49. The first kappa shape index (κ1) is 25.4. The van der Waals surface area contributed by atoms with Crippen LogP contribution < -0.4 is 15.0 Å². The largest absolute Gasteiger partial charge is 0.492 e. The maximum Gasteiger partial charge on any atom is 0.416 e. The van der Waals surface area contributed by atoms with E-state index in [1.54, 1.807) is 6.07 Å². The van der Waals surface area contributed by atoms with Crippen molar-refractivity contribution in [1.29, 1.82) is 0 Å². The van der Waals surface area contributed by atoms with Gasteiger partial charge in [-0.05, 0) is 54.7 Å². The summed E-state index contributed by atoms with van der Waals surface area (Å²) >= 11 is 0. The third kappa shape index (κ3) is 6.28. The van der Waals surface area contributed by atoms with E-state index in [0.717, 1.165) is 37.0 Å². The molecular weight excluding hydrogens is 455 g/mol. The van der Waals surface area contributed by atoms with Crippen molar-refractivity contribution in [2.75, 3.05) is 44.2 Å². The Morgan fingerprint density at radius 3 is 2.63 bits per heavy atom. The SMILES string of the molecule is CC(C)CCNC(=O)[C@@H]1Cc2cc(C(F)(F)F)ccc2N2CCN(CCOc3ccccc3)C[C@H]12. The van der Waals surface area contributed by atoms with Gasteiger partial charge in [0.05, 0.1) is 17.5 Å². The average Bonchev–Trinajstić information content (AvgIpc) is 2.83. The maximum atomic E-state index is 13.4. The summed E-state index contributed by atoms with van der Waals surface area (Å²) in [6.07, 6.45) is -3.23. The standard InChI is InChI=1S/C27H34F3N3O2/c1-19(2)10-11-31-26(34)23-17-20-16-21(27(28,29)30)8-9-24(20)33-13-12-32(18-25(23)33)14-15-35-22-6-4-3-5-7-22/h3-9,16,19,23,25H,10-15,17-18H2,1-2H3,(H,31,34)/t23-,25-/m1/s1. The number of nitrogens with one attached hydrogen (secondary N) is 1. The quantitative estimate of drug-likeness (QED) is 0.588. The molecule has 1 fully saturated rings. The van der Waals surface area contributed by atoms with Crippen LogP contribution in [0.15, 0.2) is 48.5 Å². The predicted molar refractivity (Wildman–Crippen MR) is 131 cm³/mol. The van der Waals surface area contributed by atoms with Crippen LogP contribution >= 0.6 is 0 Å². The number of alkyl halides is 3. The number of carbonyl (C=O) groups is 1. The zero-order valence-electron chi connectivity index (χ0n) is 20.4. The number of carbonyl (C=O) groups excluding carboxylic acids is 1. The van der Waals surface area contributed by atoms with Crippen LogP contribution in [0.3, 0.4) is 0 Å². The first-order valence-corrected chi connectivity index (χ1v) is 12.4. The lowest BCUT2D eigenvalue weighted by atomic mass is 9.82. The summed E-state index contributed by atoms with van der Waals surface area (Å²) < 4.78 is 46.0. The van der Waals surface area contributed by atoms with Crippen molar-refractivity contribution in [2.24, 2.45) is 11.8 Å². The van der Waals surface area contributed by atoms with Crippen LogP contribution in [0.4, 0.5) is 18.9 Å². The fourth-order valence-corrected chi connectivity index (χ4v) is 4.99. The summed E-state index contributed by atoms with van der Waals surface area (Å²) in [7, 11) is 0. The van der Waals surface area contributed by atoms with E-state index in [0.29, 0.717) is 44.1 Å². The molecule has 0 unspecified atom stereocenters. The van der Waals surface area contributed by atoms with Crippen molar-refractivity contribution in [3.63, 3.8) is 0 Å². The van der Waals surface area contributed by atoms with Gasteiger partial charge in [0, 0.05) is 38.4 Å². The molecule has 5 nitrogen and oxygen atoms in total. The van der Waals surface area contributed by atoms with Crippen LogP contribution in [0.2, 0.25) is 0 Å². The third-order valence-electron chi connectivity index (χ3n) is 6.90. The van der Waals surface area contributed by atoms with Gasteiger partial charge in [0.15, 0.2) is 0 Å². The number of halogens is 3. The first-order chi connectivity index (χ1) is 16.7. The third-order valence-corrected chi connectivity index (χ3v) is 6.90. The molecule has 2 atom stereocenters. The van der Waals surface area contributed by atoms with Crippen molar-refractivity contribution in [3.05, 3.63) is 59.7 Å². The van der Waals surface area contributed by atoms with Crippen LogP contribution in [0, 0.1) is 11.8 Å². The second-order valence-corrected chi connectivity index (χ2v) is 9.85. The predicted octanol–water partition coefficient (Wildman–Crippen LogP) is 4.61. The number of nitrogens with zero attached hydrogens (tertiary/aromatic N) is 2. The lowest BCUT2D eigenvalue weighted by Gasteiger charge is -2.49. The van der Waals surface area contributed by atoms with E-state index in [1.807, 2.05) is 30.3 Å². The van der Waals surface area contributed by atoms with Crippen LogP contribution in [0.5, 0.6) is 5.75 Å². The van der Waals surface area contributed by atoms with Gasteiger partial charge in [-0.1, -0.05) is 32.0 Å². The summed E-state index contributed by atoms with van der Waals surface area (Å²) in [6.45, 7) is 8.11. The van der Waals surface area contributed by atoms with Gasteiger partial charge in [-0.2, -0.15) is 13.2 Å². The number of piperazine rings is 1. The number of fused-ring (bicyclic) bond motifs is 3. The summed E-state index contributed by atoms with van der Waals surface area (Å²) in [6, 6.07) is 13.5. The molecule has 35 heavy (non-hydrogen) atoms. The number of para-hydroxylation sites is 1. The molecule has 2 heterocycles. The number of amides is 1. The first-order valence-electron chi connectivity index (χ1n) is 12.4. The highest BCUT2D eigenvalue weighted by atomic mass is 19.4. The second-order valence-electron chi connectivity index (χ2n) is 9.85. The Hall–Kier alpha value is -2.74. The van der Waals surface area contributed by atoms with Gasteiger partial charge >= 0.3 is 6.18 Å². The van der Waals surface area contributed by atoms with Crippen molar-refractivity contribution >= 4 is 11.6 Å². The lowest BCUT2D eigenvalue weighted by molar-refractivity contribution is -0.137. The Morgan fingerprint density at radius 2 is 1.91 bits per heavy atom. The van der Waals surface area contributed by atoms with E-state index in [1.165, 1.54) is 6.07 Å².